The van der Waals surface area contributed by atoms with Crippen LogP contribution in [-0.2, 0) is 11.3 Å². The zero-order chi connectivity index (χ0) is 26.3. The van der Waals surface area contributed by atoms with E-state index in [9.17, 15) is 14.4 Å². The number of hydrogen-bond acceptors (Lipinski definition) is 6. The summed E-state index contributed by atoms with van der Waals surface area (Å²) in [5, 5.41) is 3.17. The zero-order valence-electron chi connectivity index (χ0n) is 21.0. The molecule has 0 saturated heterocycles. The third kappa shape index (κ3) is 4.53. The average molecular weight is 499 g/mol. The Bertz CT molecular complexity index is 1640. The van der Waals surface area contributed by atoms with Gasteiger partial charge in [-0.1, -0.05) is 12.1 Å². The summed E-state index contributed by atoms with van der Waals surface area (Å²) in [6, 6.07) is 13.9. The Labute approximate surface area is 213 Å². The third-order valence-electron chi connectivity index (χ3n) is 6.61. The first-order valence-corrected chi connectivity index (χ1v) is 11.8. The monoisotopic (exact) mass is 498 g/mol. The second kappa shape index (κ2) is 9.46. The summed E-state index contributed by atoms with van der Waals surface area (Å²) in [7, 11) is 1.58. The second-order valence-corrected chi connectivity index (χ2v) is 9.08. The largest absolute Gasteiger partial charge is 0.497 e. The van der Waals surface area contributed by atoms with Gasteiger partial charge in [0, 0.05) is 23.5 Å². The number of benzene rings is 3. The molecule has 0 saturated carbocycles. The van der Waals surface area contributed by atoms with Gasteiger partial charge in [0.05, 0.1) is 23.6 Å². The van der Waals surface area contributed by atoms with Crippen LogP contribution in [0.2, 0.25) is 0 Å². The molecular weight excluding hydrogens is 472 g/mol. The molecule has 0 bridgehead atoms. The highest BCUT2D eigenvalue weighted by molar-refractivity contribution is 6.10. The number of methoxy groups -OCH3 is 1. The van der Waals surface area contributed by atoms with Crippen molar-refractivity contribution in [3.63, 3.8) is 0 Å². The van der Waals surface area contributed by atoms with Crippen molar-refractivity contribution in [2.75, 3.05) is 19.2 Å². The number of pyridine rings is 1. The molecule has 1 amide bonds. The molecular formula is C29H26N2O6. The number of hydrogen-bond donors (Lipinski definition) is 1. The summed E-state index contributed by atoms with van der Waals surface area (Å²) < 4.78 is 17.8. The second-order valence-electron chi connectivity index (χ2n) is 9.08. The summed E-state index contributed by atoms with van der Waals surface area (Å²) in [4.78, 5) is 40.0. The van der Waals surface area contributed by atoms with Crippen LogP contribution in [0, 0.1) is 20.8 Å². The van der Waals surface area contributed by atoms with Gasteiger partial charge in [0.25, 0.3) is 0 Å². The fraction of sp³-hybridized carbons (Fsp3) is 0.207. The van der Waals surface area contributed by atoms with Crippen molar-refractivity contribution < 1.29 is 23.8 Å². The van der Waals surface area contributed by atoms with Gasteiger partial charge >= 0.3 is 0 Å². The van der Waals surface area contributed by atoms with E-state index in [2.05, 4.69) is 5.32 Å². The Kier molecular flexibility index (Phi) is 6.17. The van der Waals surface area contributed by atoms with Crippen LogP contribution in [0.25, 0.3) is 10.9 Å². The van der Waals surface area contributed by atoms with E-state index in [4.69, 9.17) is 14.2 Å². The number of aromatic nitrogens is 1. The van der Waals surface area contributed by atoms with E-state index in [1.807, 2.05) is 32.9 Å². The summed E-state index contributed by atoms with van der Waals surface area (Å²) >= 11 is 0. The first-order valence-electron chi connectivity index (χ1n) is 11.8. The van der Waals surface area contributed by atoms with E-state index >= 15 is 0 Å². The number of rotatable bonds is 6. The molecule has 1 N–H and O–H groups in total. The third-order valence-corrected chi connectivity index (χ3v) is 6.61. The van der Waals surface area contributed by atoms with E-state index in [0.29, 0.717) is 34.0 Å². The number of ether oxygens (including phenoxy) is 3. The van der Waals surface area contributed by atoms with E-state index in [0.717, 1.165) is 16.7 Å². The van der Waals surface area contributed by atoms with Crippen LogP contribution < -0.4 is 25.0 Å². The molecule has 1 aliphatic heterocycles. The normalized spacial score (nSPS) is 12.0. The van der Waals surface area contributed by atoms with Gasteiger partial charge in [-0.3, -0.25) is 14.4 Å². The van der Waals surface area contributed by atoms with Gasteiger partial charge in [0.1, 0.15) is 12.3 Å². The number of carbonyl (C=O) groups is 2. The maximum Gasteiger partial charge on any atom is 0.244 e. The first kappa shape index (κ1) is 24.1. The van der Waals surface area contributed by atoms with Crippen LogP contribution in [0.5, 0.6) is 17.2 Å². The highest BCUT2D eigenvalue weighted by atomic mass is 16.7. The van der Waals surface area contributed by atoms with Gasteiger partial charge < -0.3 is 24.1 Å². The van der Waals surface area contributed by atoms with Crippen LogP contribution in [0.15, 0.2) is 59.5 Å². The minimum Gasteiger partial charge on any atom is -0.497 e. The number of fused-ring (bicyclic) bond motifs is 2. The predicted octanol–water partition coefficient (Wildman–Crippen LogP) is 4.53. The Morgan fingerprint density at radius 3 is 2.41 bits per heavy atom. The lowest BCUT2D eigenvalue weighted by atomic mass is 9.98. The fourth-order valence-electron chi connectivity index (χ4n) is 4.36. The van der Waals surface area contributed by atoms with E-state index in [1.54, 1.807) is 48.1 Å². The summed E-state index contributed by atoms with van der Waals surface area (Å²) in [6.45, 7) is 5.64. The van der Waals surface area contributed by atoms with Gasteiger partial charge in [-0.2, -0.15) is 0 Å². The molecule has 0 fully saturated rings. The summed E-state index contributed by atoms with van der Waals surface area (Å²) in [5.41, 5.74) is 3.89. The van der Waals surface area contributed by atoms with Crippen LogP contribution in [0.1, 0.15) is 32.6 Å². The van der Waals surface area contributed by atoms with Crippen LogP contribution in [0.3, 0.4) is 0 Å². The van der Waals surface area contributed by atoms with Crippen molar-refractivity contribution in [1.82, 2.24) is 4.57 Å². The standard InChI is InChI=1S/C29H26N2O6/c1-16-5-6-19(9-17(16)2)28(33)22-13-31(14-27(32)30-23-8-7-20(35-4)10-18(23)3)24-12-26-25(36-15-37-26)11-21(24)29(22)34/h5-13H,14-15H2,1-4H3,(H,30,32). The molecule has 0 spiro atoms. The molecule has 0 aliphatic carbocycles. The predicted molar refractivity (Wildman–Crippen MR) is 140 cm³/mol. The number of carbonyl (C=O) groups excluding carboxylic acids is 2. The molecule has 0 radical (unpaired) electrons. The number of ketones is 1. The molecule has 0 unspecified atom stereocenters. The van der Waals surface area contributed by atoms with Gasteiger partial charge in [-0.05, 0) is 67.8 Å². The number of amides is 1. The molecule has 8 heteroatoms. The Hall–Kier alpha value is -4.59. The molecule has 188 valence electrons. The molecule has 8 nitrogen and oxygen atoms in total. The van der Waals surface area contributed by atoms with Crippen molar-refractivity contribution in [2.24, 2.45) is 0 Å². The number of aryl methyl sites for hydroxylation is 3. The maximum atomic E-state index is 13.5. The van der Waals surface area contributed by atoms with Crippen molar-refractivity contribution in [3.05, 3.63) is 92.8 Å². The SMILES string of the molecule is COc1ccc(NC(=O)Cn2cc(C(=O)c3ccc(C)c(C)c3)c(=O)c3cc4c(cc32)OCO4)c(C)c1. The lowest BCUT2D eigenvalue weighted by Crippen LogP contribution is -2.24. The minimum absolute atomic E-state index is 0.0250. The molecule has 2 heterocycles. The number of anilines is 1. The molecule has 37 heavy (non-hydrogen) atoms. The molecule has 0 atom stereocenters. The van der Waals surface area contributed by atoms with Crippen molar-refractivity contribution >= 4 is 28.3 Å². The molecule has 1 aliphatic rings. The summed E-state index contributed by atoms with van der Waals surface area (Å²) in [5.74, 6) is 0.853. The molecule has 4 aromatic rings. The van der Waals surface area contributed by atoms with Gasteiger partial charge in [-0.15, -0.1) is 0 Å². The van der Waals surface area contributed by atoms with E-state index in [-0.39, 0.29) is 30.2 Å². The number of nitrogens with one attached hydrogen (secondary N) is 1. The Morgan fingerprint density at radius 1 is 0.946 bits per heavy atom. The van der Waals surface area contributed by atoms with Crippen LogP contribution in [0.4, 0.5) is 5.69 Å². The number of nitrogens with zero attached hydrogens (tertiary/aromatic N) is 1. The fourth-order valence-corrected chi connectivity index (χ4v) is 4.36. The Morgan fingerprint density at radius 2 is 1.70 bits per heavy atom. The topological polar surface area (TPSA) is 95.9 Å². The van der Waals surface area contributed by atoms with Crippen molar-refractivity contribution in [3.8, 4) is 17.2 Å². The lowest BCUT2D eigenvalue weighted by molar-refractivity contribution is -0.116. The first-order chi connectivity index (χ1) is 17.7. The highest BCUT2D eigenvalue weighted by Crippen LogP contribution is 2.35. The lowest BCUT2D eigenvalue weighted by Gasteiger charge is -2.15. The van der Waals surface area contributed by atoms with Crippen LogP contribution in [-0.4, -0.2) is 30.2 Å². The Balaban J connectivity index is 1.57. The van der Waals surface area contributed by atoms with Gasteiger partial charge in [-0.25, -0.2) is 0 Å². The zero-order valence-corrected chi connectivity index (χ0v) is 21.0. The van der Waals surface area contributed by atoms with Crippen LogP contribution >= 0.6 is 0 Å². The molecule has 5 rings (SSSR count). The smallest absolute Gasteiger partial charge is 0.244 e. The van der Waals surface area contributed by atoms with Gasteiger partial charge in [0.15, 0.2) is 17.3 Å². The highest BCUT2D eigenvalue weighted by Gasteiger charge is 2.23. The quantitative estimate of drug-likeness (QED) is 0.393. The minimum atomic E-state index is -0.431. The molecule has 1 aromatic heterocycles. The van der Waals surface area contributed by atoms with Crippen molar-refractivity contribution in [1.29, 1.82) is 0 Å². The van der Waals surface area contributed by atoms with E-state index in [1.165, 1.54) is 6.20 Å². The average Bonchev–Trinajstić information content (AvgIpc) is 3.35. The molecule has 3 aromatic carbocycles. The van der Waals surface area contributed by atoms with Gasteiger partial charge in [0.2, 0.25) is 18.1 Å². The van der Waals surface area contributed by atoms with E-state index < -0.39 is 11.2 Å². The summed E-state index contributed by atoms with van der Waals surface area (Å²) in [6.07, 6.45) is 1.45. The van der Waals surface area contributed by atoms with Crippen molar-refractivity contribution in [2.45, 2.75) is 27.3 Å². The maximum absolute atomic E-state index is 13.5.